The summed E-state index contributed by atoms with van der Waals surface area (Å²) in [6.45, 7) is 7.14. The molecule has 4 heteroatoms. The Morgan fingerprint density at radius 3 is 2.71 bits per heavy atom. The van der Waals surface area contributed by atoms with Crippen LogP contribution < -0.4 is 5.32 Å². The zero-order valence-electron chi connectivity index (χ0n) is 9.09. The first-order valence-electron chi connectivity index (χ1n) is 4.99. The maximum absolute atomic E-state index is 8.74. The summed E-state index contributed by atoms with van der Waals surface area (Å²) in [7, 11) is 0. The highest BCUT2D eigenvalue weighted by molar-refractivity contribution is 5.22. The molecule has 0 bridgehead atoms. The molecule has 1 aromatic heterocycles. The molecule has 80 valence electrons. The smallest absolute Gasteiger partial charge is 0.0638 e. The molecule has 0 aliphatic heterocycles. The van der Waals surface area contributed by atoms with Crippen LogP contribution in [0.25, 0.3) is 0 Å². The summed E-state index contributed by atoms with van der Waals surface area (Å²) in [5, 5.41) is 19.2. The zero-order chi connectivity index (χ0) is 10.6. The Labute approximate surface area is 84.7 Å². The highest BCUT2D eigenvalue weighted by Gasteiger charge is 2.07. The highest BCUT2D eigenvalue weighted by atomic mass is 16.3. The predicted octanol–water partition coefficient (Wildman–Crippen LogP) is 0.887. The molecule has 0 radical (unpaired) electrons. The number of rotatable bonds is 5. The Bertz CT molecular complexity index is 263. The summed E-state index contributed by atoms with van der Waals surface area (Å²) < 4.78 is 0. The molecular formula is C10H19N3O. The van der Waals surface area contributed by atoms with Crippen molar-refractivity contribution in [3.63, 3.8) is 0 Å². The van der Waals surface area contributed by atoms with Crippen LogP contribution in [0, 0.1) is 13.8 Å². The Morgan fingerprint density at radius 2 is 2.21 bits per heavy atom. The number of aromatic amines is 1. The van der Waals surface area contributed by atoms with Gasteiger partial charge in [-0.15, -0.1) is 0 Å². The normalized spacial score (nSPS) is 13.1. The number of hydrogen-bond donors (Lipinski definition) is 3. The van der Waals surface area contributed by atoms with Crippen molar-refractivity contribution in [2.45, 2.75) is 39.8 Å². The second kappa shape index (κ2) is 5.12. The molecule has 0 saturated heterocycles. The lowest BCUT2D eigenvalue weighted by Gasteiger charge is -2.12. The number of aromatic nitrogens is 2. The third kappa shape index (κ3) is 2.82. The van der Waals surface area contributed by atoms with Crippen molar-refractivity contribution in [1.29, 1.82) is 0 Å². The van der Waals surface area contributed by atoms with E-state index in [-0.39, 0.29) is 6.61 Å². The van der Waals surface area contributed by atoms with Gasteiger partial charge < -0.3 is 10.4 Å². The highest BCUT2D eigenvalue weighted by Crippen LogP contribution is 2.08. The van der Waals surface area contributed by atoms with Crippen molar-refractivity contribution >= 4 is 0 Å². The van der Waals surface area contributed by atoms with Crippen molar-refractivity contribution < 1.29 is 5.11 Å². The van der Waals surface area contributed by atoms with Gasteiger partial charge in [0.25, 0.3) is 0 Å². The van der Waals surface area contributed by atoms with Crippen LogP contribution in [0.4, 0.5) is 0 Å². The molecule has 1 heterocycles. The number of nitrogens with zero attached hydrogens (tertiary/aromatic N) is 1. The minimum absolute atomic E-state index is 0.234. The SMILES string of the molecule is Cc1n[nH]c(C)c1CNC(C)CCO. The van der Waals surface area contributed by atoms with Crippen molar-refractivity contribution in [2.24, 2.45) is 0 Å². The molecule has 1 rings (SSSR count). The van der Waals surface area contributed by atoms with Crippen LogP contribution in [0.1, 0.15) is 30.3 Å². The topological polar surface area (TPSA) is 60.9 Å². The van der Waals surface area contributed by atoms with Crippen LogP contribution >= 0.6 is 0 Å². The van der Waals surface area contributed by atoms with E-state index in [2.05, 4.69) is 22.4 Å². The van der Waals surface area contributed by atoms with Gasteiger partial charge in [0, 0.05) is 30.5 Å². The fourth-order valence-electron chi connectivity index (χ4n) is 1.41. The molecule has 4 nitrogen and oxygen atoms in total. The average molecular weight is 197 g/mol. The summed E-state index contributed by atoms with van der Waals surface area (Å²) in [6.07, 6.45) is 0.788. The maximum atomic E-state index is 8.74. The second-order valence-corrected chi connectivity index (χ2v) is 3.71. The largest absolute Gasteiger partial charge is 0.396 e. The van der Waals surface area contributed by atoms with Crippen LogP contribution in [0.2, 0.25) is 0 Å². The zero-order valence-corrected chi connectivity index (χ0v) is 9.09. The Morgan fingerprint density at radius 1 is 1.50 bits per heavy atom. The minimum atomic E-state index is 0.234. The Kier molecular flexibility index (Phi) is 4.10. The van der Waals surface area contributed by atoms with Gasteiger partial charge in [0.1, 0.15) is 0 Å². The van der Waals surface area contributed by atoms with Crippen molar-refractivity contribution in [3.05, 3.63) is 17.0 Å². The first-order chi connectivity index (χ1) is 6.65. The van der Waals surface area contributed by atoms with Gasteiger partial charge in [-0.1, -0.05) is 0 Å². The second-order valence-electron chi connectivity index (χ2n) is 3.71. The van der Waals surface area contributed by atoms with Crippen LogP contribution in [-0.4, -0.2) is 28.0 Å². The van der Waals surface area contributed by atoms with Crippen molar-refractivity contribution in [2.75, 3.05) is 6.61 Å². The number of aliphatic hydroxyl groups is 1. The summed E-state index contributed by atoms with van der Waals surface area (Å²) in [4.78, 5) is 0. The first-order valence-corrected chi connectivity index (χ1v) is 4.99. The molecule has 3 N–H and O–H groups in total. The summed E-state index contributed by atoms with van der Waals surface area (Å²) >= 11 is 0. The van der Waals surface area contributed by atoms with Crippen LogP contribution in [0.3, 0.4) is 0 Å². The number of aryl methyl sites for hydroxylation is 2. The average Bonchev–Trinajstić information content (AvgIpc) is 2.44. The fourth-order valence-corrected chi connectivity index (χ4v) is 1.41. The Hall–Kier alpha value is -0.870. The molecular weight excluding hydrogens is 178 g/mol. The number of H-pyrrole nitrogens is 1. The molecule has 0 spiro atoms. The standard InChI is InChI=1S/C10H19N3O/c1-7(4-5-14)11-6-10-8(2)12-13-9(10)3/h7,11,14H,4-6H2,1-3H3,(H,12,13). The summed E-state index contributed by atoms with van der Waals surface area (Å²) in [6, 6.07) is 0.341. The van der Waals surface area contributed by atoms with E-state index in [4.69, 9.17) is 5.11 Å². The molecule has 0 saturated carbocycles. The van der Waals surface area contributed by atoms with Crippen molar-refractivity contribution in [1.82, 2.24) is 15.5 Å². The predicted molar refractivity (Wildman–Crippen MR) is 56.1 cm³/mol. The molecule has 1 unspecified atom stereocenters. The van der Waals surface area contributed by atoms with Gasteiger partial charge in [0.2, 0.25) is 0 Å². The third-order valence-electron chi connectivity index (χ3n) is 2.47. The van der Waals surface area contributed by atoms with E-state index in [0.29, 0.717) is 6.04 Å². The van der Waals surface area contributed by atoms with Gasteiger partial charge in [0.15, 0.2) is 0 Å². The van der Waals surface area contributed by atoms with E-state index in [0.717, 1.165) is 24.4 Å². The van der Waals surface area contributed by atoms with Crippen LogP contribution in [-0.2, 0) is 6.54 Å². The Balaban J connectivity index is 2.45. The molecule has 1 atom stereocenters. The van der Waals surface area contributed by atoms with E-state index in [1.54, 1.807) is 0 Å². The van der Waals surface area contributed by atoms with E-state index < -0.39 is 0 Å². The molecule has 0 aliphatic rings. The quantitative estimate of drug-likeness (QED) is 0.657. The summed E-state index contributed by atoms with van der Waals surface area (Å²) in [5.74, 6) is 0. The molecule has 0 amide bonds. The first kappa shape index (κ1) is 11.2. The lowest BCUT2D eigenvalue weighted by atomic mass is 10.2. The van der Waals surface area contributed by atoms with E-state index in [1.165, 1.54) is 5.56 Å². The molecule has 0 fully saturated rings. The van der Waals surface area contributed by atoms with E-state index >= 15 is 0 Å². The van der Waals surface area contributed by atoms with E-state index in [9.17, 15) is 0 Å². The van der Waals surface area contributed by atoms with Gasteiger partial charge in [0.05, 0.1) is 5.69 Å². The minimum Gasteiger partial charge on any atom is -0.396 e. The summed E-state index contributed by atoms with van der Waals surface area (Å²) in [5.41, 5.74) is 3.40. The van der Waals surface area contributed by atoms with Gasteiger partial charge in [-0.3, -0.25) is 5.10 Å². The molecule has 14 heavy (non-hydrogen) atoms. The molecule has 1 aromatic rings. The van der Waals surface area contributed by atoms with Crippen molar-refractivity contribution in [3.8, 4) is 0 Å². The van der Waals surface area contributed by atoms with Gasteiger partial charge in [-0.05, 0) is 27.2 Å². The van der Waals surface area contributed by atoms with Crippen LogP contribution in [0.5, 0.6) is 0 Å². The number of nitrogens with one attached hydrogen (secondary N) is 2. The van der Waals surface area contributed by atoms with Gasteiger partial charge in [-0.25, -0.2) is 0 Å². The molecule has 0 aliphatic carbocycles. The number of hydrogen-bond acceptors (Lipinski definition) is 3. The van der Waals surface area contributed by atoms with Crippen LogP contribution in [0.15, 0.2) is 0 Å². The lowest BCUT2D eigenvalue weighted by molar-refractivity contribution is 0.268. The number of aliphatic hydroxyl groups excluding tert-OH is 1. The molecule has 0 aromatic carbocycles. The van der Waals surface area contributed by atoms with Gasteiger partial charge in [-0.2, -0.15) is 5.10 Å². The monoisotopic (exact) mass is 197 g/mol. The lowest BCUT2D eigenvalue weighted by Crippen LogP contribution is -2.26. The van der Waals surface area contributed by atoms with E-state index in [1.807, 2.05) is 13.8 Å². The maximum Gasteiger partial charge on any atom is 0.0638 e. The van der Waals surface area contributed by atoms with Gasteiger partial charge >= 0.3 is 0 Å². The third-order valence-corrected chi connectivity index (χ3v) is 2.47. The fraction of sp³-hybridized carbons (Fsp3) is 0.700.